The Kier molecular flexibility index (Phi) is 6.56. The monoisotopic (exact) mass is 508 g/mol. The summed E-state index contributed by atoms with van der Waals surface area (Å²) in [5, 5.41) is 2.54. The first-order valence-corrected chi connectivity index (χ1v) is 12.3. The standard InChI is InChI=1S/C24H20F4N2O4S/c1-35(32,33)30-20-10-15-4-8-19(11-16(15)12-20)29-23(31)34-22-13-18(25)7-9-21(22)14-2-5-17(6-3-14)24(26,27)28/h2-9,11,13,20,30H,10,12H2,1H3,(H,29,31)/t20-/m0/s1. The average Bonchev–Trinajstić information content (AvgIpc) is 3.13. The number of sulfonamides is 1. The van der Waals surface area contributed by atoms with Crippen LogP contribution in [0.3, 0.4) is 0 Å². The first-order valence-electron chi connectivity index (χ1n) is 10.4. The number of ether oxygens (including phenoxy) is 1. The largest absolute Gasteiger partial charge is 0.417 e. The third-order valence-electron chi connectivity index (χ3n) is 5.44. The highest BCUT2D eigenvalue weighted by atomic mass is 32.2. The van der Waals surface area contributed by atoms with E-state index in [0.717, 1.165) is 41.6 Å². The molecule has 184 valence electrons. The molecule has 1 aliphatic carbocycles. The third-order valence-corrected chi connectivity index (χ3v) is 6.20. The first kappa shape index (κ1) is 24.7. The van der Waals surface area contributed by atoms with Gasteiger partial charge in [-0.05, 0) is 65.9 Å². The molecule has 0 aromatic heterocycles. The van der Waals surface area contributed by atoms with Crippen molar-refractivity contribution in [1.82, 2.24) is 4.72 Å². The predicted octanol–water partition coefficient (Wildman–Crippen LogP) is 5.14. The number of carbonyl (C=O) groups is 1. The topological polar surface area (TPSA) is 84.5 Å². The summed E-state index contributed by atoms with van der Waals surface area (Å²) < 4.78 is 83.2. The number of halogens is 4. The average molecular weight is 508 g/mol. The van der Waals surface area contributed by atoms with Crippen molar-refractivity contribution >= 4 is 21.8 Å². The molecular weight excluding hydrogens is 488 g/mol. The second kappa shape index (κ2) is 9.31. The van der Waals surface area contributed by atoms with Crippen LogP contribution in [0.25, 0.3) is 11.1 Å². The van der Waals surface area contributed by atoms with Gasteiger partial charge in [0.25, 0.3) is 0 Å². The Bertz CT molecular complexity index is 1370. The summed E-state index contributed by atoms with van der Waals surface area (Å²) in [6, 6.07) is 12.4. The quantitative estimate of drug-likeness (QED) is 0.468. The van der Waals surface area contributed by atoms with Gasteiger partial charge in [0, 0.05) is 23.4 Å². The minimum Gasteiger partial charge on any atom is -0.409 e. The predicted molar refractivity (Wildman–Crippen MR) is 122 cm³/mol. The van der Waals surface area contributed by atoms with Gasteiger partial charge in [-0.15, -0.1) is 0 Å². The lowest BCUT2D eigenvalue weighted by atomic mass is 10.0. The van der Waals surface area contributed by atoms with E-state index in [0.29, 0.717) is 24.1 Å². The molecule has 0 saturated heterocycles. The zero-order chi connectivity index (χ0) is 25.4. The molecule has 0 fully saturated rings. The van der Waals surface area contributed by atoms with Crippen molar-refractivity contribution in [3.63, 3.8) is 0 Å². The van der Waals surface area contributed by atoms with E-state index < -0.39 is 33.7 Å². The Morgan fingerprint density at radius 1 is 0.971 bits per heavy atom. The van der Waals surface area contributed by atoms with E-state index in [9.17, 15) is 30.8 Å². The maximum Gasteiger partial charge on any atom is 0.417 e. The molecule has 2 N–H and O–H groups in total. The van der Waals surface area contributed by atoms with Crippen LogP contribution in [0.5, 0.6) is 5.75 Å². The van der Waals surface area contributed by atoms with Crippen LogP contribution < -0.4 is 14.8 Å². The van der Waals surface area contributed by atoms with E-state index in [1.165, 1.54) is 18.2 Å². The molecule has 0 saturated carbocycles. The van der Waals surface area contributed by atoms with Crippen LogP contribution in [0.1, 0.15) is 16.7 Å². The van der Waals surface area contributed by atoms with Gasteiger partial charge in [-0.1, -0.05) is 18.2 Å². The molecule has 0 spiro atoms. The van der Waals surface area contributed by atoms with Gasteiger partial charge in [0.15, 0.2) is 0 Å². The van der Waals surface area contributed by atoms with E-state index in [1.807, 2.05) is 0 Å². The lowest BCUT2D eigenvalue weighted by Crippen LogP contribution is -2.34. The van der Waals surface area contributed by atoms with Gasteiger partial charge in [0.2, 0.25) is 10.0 Å². The Balaban J connectivity index is 1.49. The van der Waals surface area contributed by atoms with Crippen molar-refractivity contribution in [2.45, 2.75) is 25.1 Å². The molecule has 3 aromatic carbocycles. The minimum atomic E-state index is -4.50. The Morgan fingerprint density at radius 3 is 2.31 bits per heavy atom. The summed E-state index contributed by atoms with van der Waals surface area (Å²) in [5.74, 6) is -0.855. The molecule has 4 rings (SSSR count). The van der Waals surface area contributed by atoms with Crippen LogP contribution >= 0.6 is 0 Å². The second-order valence-corrected chi connectivity index (χ2v) is 9.99. The zero-order valence-corrected chi connectivity index (χ0v) is 19.1. The van der Waals surface area contributed by atoms with Crippen molar-refractivity contribution in [2.75, 3.05) is 11.6 Å². The molecule has 1 amide bonds. The number of hydrogen-bond acceptors (Lipinski definition) is 4. The Labute approximate surface area is 199 Å². The lowest BCUT2D eigenvalue weighted by molar-refractivity contribution is -0.137. The van der Waals surface area contributed by atoms with Gasteiger partial charge in [-0.3, -0.25) is 5.32 Å². The SMILES string of the molecule is CS(=O)(=O)N[C@H]1Cc2ccc(NC(=O)Oc3cc(F)ccc3-c3ccc(C(F)(F)F)cc3)cc2C1. The number of anilines is 1. The van der Waals surface area contributed by atoms with Gasteiger partial charge in [0.05, 0.1) is 11.8 Å². The maximum absolute atomic E-state index is 13.9. The number of rotatable bonds is 5. The van der Waals surface area contributed by atoms with Crippen LogP contribution in [-0.4, -0.2) is 26.8 Å². The molecule has 0 unspecified atom stereocenters. The van der Waals surface area contributed by atoms with Crippen LogP contribution in [0.2, 0.25) is 0 Å². The van der Waals surface area contributed by atoms with Crippen molar-refractivity contribution in [2.24, 2.45) is 0 Å². The van der Waals surface area contributed by atoms with Gasteiger partial charge >= 0.3 is 12.3 Å². The highest BCUT2D eigenvalue weighted by Crippen LogP contribution is 2.35. The van der Waals surface area contributed by atoms with E-state index in [2.05, 4.69) is 10.0 Å². The maximum atomic E-state index is 13.9. The van der Waals surface area contributed by atoms with Crippen LogP contribution in [-0.2, 0) is 29.0 Å². The molecule has 6 nitrogen and oxygen atoms in total. The molecule has 0 aliphatic heterocycles. The van der Waals surface area contributed by atoms with Crippen LogP contribution in [0.15, 0.2) is 60.7 Å². The highest BCUT2D eigenvalue weighted by Gasteiger charge is 2.30. The summed E-state index contributed by atoms with van der Waals surface area (Å²) >= 11 is 0. The Hall–Kier alpha value is -3.44. The fourth-order valence-electron chi connectivity index (χ4n) is 3.98. The second-order valence-electron chi connectivity index (χ2n) is 8.21. The fourth-order valence-corrected chi connectivity index (χ4v) is 4.76. The molecule has 11 heteroatoms. The minimum absolute atomic E-state index is 0.166. The number of amides is 1. The van der Waals surface area contributed by atoms with Gasteiger partial charge in [-0.2, -0.15) is 13.2 Å². The van der Waals surface area contributed by atoms with Gasteiger partial charge in [0.1, 0.15) is 11.6 Å². The molecule has 0 heterocycles. The van der Waals surface area contributed by atoms with Gasteiger partial charge < -0.3 is 4.74 Å². The molecule has 0 radical (unpaired) electrons. The zero-order valence-electron chi connectivity index (χ0n) is 18.3. The third kappa shape index (κ3) is 6.17. The number of hydrogen-bond donors (Lipinski definition) is 2. The highest BCUT2D eigenvalue weighted by molar-refractivity contribution is 7.88. The molecule has 3 aromatic rings. The van der Waals surface area contributed by atoms with Crippen molar-refractivity contribution in [3.8, 4) is 16.9 Å². The van der Waals surface area contributed by atoms with E-state index in [1.54, 1.807) is 18.2 Å². The van der Waals surface area contributed by atoms with Crippen molar-refractivity contribution in [1.29, 1.82) is 0 Å². The molecule has 1 aliphatic rings. The van der Waals surface area contributed by atoms with E-state index in [4.69, 9.17) is 4.74 Å². The smallest absolute Gasteiger partial charge is 0.409 e. The van der Waals surface area contributed by atoms with E-state index in [-0.39, 0.29) is 17.4 Å². The number of alkyl halides is 3. The summed E-state index contributed by atoms with van der Waals surface area (Å²) in [6.07, 6.45) is -3.36. The summed E-state index contributed by atoms with van der Waals surface area (Å²) in [4.78, 5) is 12.5. The van der Waals surface area contributed by atoms with Crippen molar-refractivity contribution in [3.05, 3.63) is 83.2 Å². The van der Waals surface area contributed by atoms with Crippen LogP contribution in [0, 0.1) is 5.82 Å². The molecule has 35 heavy (non-hydrogen) atoms. The fraction of sp³-hybridized carbons (Fsp3) is 0.208. The number of benzene rings is 3. The summed E-state index contributed by atoms with van der Waals surface area (Å²) in [7, 11) is -3.36. The van der Waals surface area contributed by atoms with E-state index >= 15 is 0 Å². The molecule has 0 bridgehead atoms. The summed E-state index contributed by atoms with van der Waals surface area (Å²) in [5.41, 5.74) is 1.90. The lowest BCUT2D eigenvalue weighted by Gasteiger charge is -2.13. The Morgan fingerprint density at radius 2 is 1.66 bits per heavy atom. The number of nitrogens with one attached hydrogen (secondary N) is 2. The molecule has 1 atom stereocenters. The first-order chi connectivity index (χ1) is 16.4. The summed E-state index contributed by atoms with van der Waals surface area (Å²) in [6.45, 7) is 0. The molecular formula is C24H20F4N2O4S. The number of carbonyl (C=O) groups excluding carboxylic acids is 1. The van der Waals surface area contributed by atoms with Crippen molar-refractivity contribution < 1.29 is 35.5 Å². The normalized spacial score (nSPS) is 15.5. The number of fused-ring (bicyclic) bond motifs is 1. The van der Waals surface area contributed by atoms with Gasteiger partial charge in [-0.25, -0.2) is 22.3 Å². The van der Waals surface area contributed by atoms with Crippen LogP contribution in [0.4, 0.5) is 28.0 Å².